The lowest BCUT2D eigenvalue weighted by Crippen LogP contribution is -2.21. The maximum absolute atomic E-state index is 14.0. The monoisotopic (exact) mass is 278 g/mol. The number of nitrogens with one attached hydrogen (secondary N) is 2. The van der Waals surface area contributed by atoms with Crippen LogP contribution in [0.25, 0.3) is 0 Å². The summed E-state index contributed by atoms with van der Waals surface area (Å²) in [6, 6.07) is 12.0. The van der Waals surface area contributed by atoms with Crippen LogP contribution in [-0.2, 0) is 6.54 Å². The fraction of sp³-hybridized carbons (Fsp3) is 0.200. The number of hydrogen-bond acceptors (Lipinski definition) is 3. The first kappa shape index (κ1) is 14.3. The van der Waals surface area contributed by atoms with Crippen molar-refractivity contribution >= 4 is 5.69 Å². The van der Waals surface area contributed by atoms with Gasteiger partial charge in [0.1, 0.15) is 0 Å². The van der Waals surface area contributed by atoms with Crippen molar-refractivity contribution in [1.29, 1.82) is 0 Å². The number of halogens is 2. The second-order valence-electron chi connectivity index (χ2n) is 4.13. The molecule has 0 saturated carbocycles. The Morgan fingerprint density at radius 2 is 1.80 bits per heavy atom. The summed E-state index contributed by atoms with van der Waals surface area (Å²) >= 11 is 0. The van der Waals surface area contributed by atoms with Gasteiger partial charge in [0.2, 0.25) is 0 Å². The minimum absolute atomic E-state index is 0.209. The molecule has 0 bridgehead atoms. The summed E-state index contributed by atoms with van der Waals surface area (Å²) < 4.78 is 32.4. The lowest BCUT2D eigenvalue weighted by Gasteiger charge is -2.12. The van der Waals surface area contributed by atoms with E-state index in [0.717, 1.165) is 5.69 Å². The zero-order valence-corrected chi connectivity index (χ0v) is 11.1. The fourth-order valence-electron chi connectivity index (χ4n) is 1.75. The van der Waals surface area contributed by atoms with Gasteiger partial charge in [-0.2, -0.15) is 0 Å². The van der Waals surface area contributed by atoms with Gasteiger partial charge in [0, 0.05) is 17.8 Å². The molecule has 0 unspecified atom stereocenters. The van der Waals surface area contributed by atoms with Crippen LogP contribution in [0.1, 0.15) is 12.5 Å². The quantitative estimate of drug-likeness (QED) is 0.794. The van der Waals surface area contributed by atoms with E-state index >= 15 is 0 Å². The predicted molar refractivity (Wildman–Crippen MR) is 74.4 cm³/mol. The molecule has 0 spiro atoms. The third-order valence-electron chi connectivity index (χ3n) is 2.70. The van der Waals surface area contributed by atoms with Gasteiger partial charge in [-0.3, -0.25) is 0 Å². The van der Waals surface area contributed by atoms with E-state index in [1.807, 2.05) is 30.3 Å². The highest BCUT2D eigenvalue weighted by molar-refractivity contribution is 5.41. The zero-order chi connectivity index (χ0) is 14.4. The molecule has 0 aromatic heterocycles. The van der Waals surface area contributed by atoms with Crippen molar-refractivity contribution < 1.29 is 13.5 Å². The van der Waals surface area contributed by atoms with Crippen LogP contribution in [0.15, 0.2) is 42.5 Å². The van der Waals surface area contributed by atoms with Gasteiger partial charge < -0.3 is 10.2 Å². The van der Waals surface area contributed by atoms with Crippen molar-refractivity contribution in [3.05, 3.63) is 59.7 Å². The second kappa shape index (κ2) is 6.86. The molecule has 5 heteroatoms. The minimum atomic E-state index is -0.691. The Hall–Kier alpha value is -2.14. The number of rotatable bonds is 6. The summed E-state index contributed by atoms with van der Waals surface area (Å²) in [4.78, 5) is 0. The van der Waals surface area contributed by atoms with Gasteiger partial charge in [-0.05, 0) is 25.1 Å². The van der Waals surface area contributed by atoms with Gasteiger partial charge in [0.05, 0.1) is 6.61 Å². The van der Waals surface area contributed by atoms with Crippen molar-refractivity contribution in [2.24, 2.45) is 0 Å². The molecule has 0 heterocycles. The number of para-hydroxylation sites is 1. The first-order valence-corrected chi connectivity index (χ1v) is 6.36. The first-order valence-electron chi connectivity index (χ1n) is 6.36. The van der Waals surface area contributed by atoms with Crippen LogP contribution in [0.4, 0.5) is 14.5 Å². The molecule has 0 amide bonds. The van der Waals surface area contributed by atoms with Crippen molar-refractivity contribution in [3.8, 4) is 5.75 Å². The van der Waals surface area contributed by atoms with E-state index in [1.54, 1.807) is 6.92 Å². The largest absolute Gasteiger partial charge is 0.488 e. The average molecular weight is 278 g/mol. The van der Waals surface area contributed by atoms with Crippen LogP contribution in [0.3, 0.4) is 0 Å². The molecule has 0 atom stereocenters. The van der Waals surface area contributed by atoms with E-state index in [4.69, 9.17) is 4.74 Å². The number of ether oxygens (including phenoxy) is 1. The zero-order valence-electron chi connectivity index (χ0n) is 11.1. The number of hydrazine groups is 1. The van der Waals surface area contributed by atoms with Crippen LogP contribution in [0.2, 0.25) is 0 Å². The van der Waals surface area contributed by atoms with E-state index in [9.17, 15) is 8.78 Å². The molecule has 2 aromatic carbocycles. The van der Waals surface area contributed by atoms with Crippen LogP contribution >= 0.6 is 0 Å². The summed E-state index contributed by atoms with van der Waals surface area (Å²) in [6.07, 6.45) is 0. The third kappa shape index (κ3) is 3.45. The van der Waals surface area contributed by atoms with Crippen molar-refractivity contribution in [2.75, 3.05) is 12.0 Å². The topological polar surface area (TPSA) is 33.3 Å². The molecule has 0 aliphatic carbocycles. The molecule has 20 heavy (non-hydrogen) atoms. The van der Waals surface area contributed by atoms with E-state index in [-0.39, 0.29) is 18.9 Å². The van der Waals surface area contributed by atoms with E-state index < -0.39 is 11.6 Å². The maximum atomic E-state index is 14.0. The van der Waals surface area contributed by atoms with Crippen LogP contribution in [0.5, 0.6) is 5.75 Å². The molecule has 2 rings (SSSR count). The van der Waals surface area contributed by atoms with Gasteiger partial charge >= 0.3 is 0 Å². The van der Waals surface area contributed by atoms with Gasteiger partial charge in [0.15, 0.2) is 17.4 Å². The first-order chi connectivity index (χ1) is 9.72. The Morgan fingerprint density at radius 1 is 1.05 bits per heavy atom. The summed E-state index contributed by atoms with van der Waals surface area (Å²) in [7, 11) is 0. The molecule has 2 N–H and O–H groups in total. The Bertz CT molecular complexity index is 561. The lowest BCUT2D eigenvalue weighted by molar-refractivity contribution is 0.301. The van der Waals surface area contributed by atoms with Crippen molar-refractivity contribution in [1.82, 2.24) is 5.43 Å². The Morgan fingerprint density at radius 3 is 2.50 bits per heavy atom. The number of hydrogen-bond donors (Lipinski definition) is 2. The van der Waals surface area contributed by atoms with E-state index in [2.05, 4.69) is 10.9 Å². The minimum Gasteiger partial charge on any atom is -0.488 e. The molecule has 0 aliphatic heterocycles. The number of anilines is 1. The van der Waals surface area contributed by atoms with Gasteiger partial charge in [0.25, 0.3) is 0 Å². The van der Waals surface area contributed by atoms with E-state index in [1.165, 1.54) is 12.1 Å². The van der Waals surface area contributed by atoms with Gasteiger partial charge in [-0.1, -0.05) is 24.3 Å². The predicted octanol–water partition coefficient (Wildman–Crippen LogP) is 3.48. The maximum Gasteiger partial charge on any atom is 0.191 e. The van der Waals surface area contributed by atoms with Gasteiger partial charge in [-0.15, -0.1) is 0 Å². The normalized spacial score (nSPS) is 10.3. The number of benzene rings is 2. The summed E-state index contributed by atoms with van der Waals surface area (Å²) in [5.41, 5.74) is 7.01. The molecule has 0 saturated heterocycles. The van der Waals surface area contributed by atoms with Crippen LogP contribution in [0, 0.1) is 11.6 Å². The Kier molecular flexibility index (Phi) is 4.90. The van der Waals surface area contributed by atoms with Crippen LogP contribution < -0.4 is 15.6 Å². The van der Waals surface area contributed by atoms with E-state index in [0.29, 0.717) is 5.56 Å². The molecule has 0 radical (unpaired) electrons. The second-order valence-corrected chi connectivity index (χ2v) is 4.13. The molecule has 3 nitrogen and oxygen atoms in total. The van der Waals surface area contributed by atoms with Crippen molar-refractivity contribution in [3.63, 3.8) is 0 Å². The highest BCUT2D eigenvalue weighted by Crippen LogP contribution is 2.24. The summed E-state index contributed by atoms with van der Waals surface area (Å²) in [5, 5.41) is 0. The van der Waals surface area contributed by atoms with Gasteiger partial charge in [-0.25, -0.2) is 14.2 Å². The van der Waals surface area contributed by atoms with Crippen LogP contribution in [-0.4, -0.2) is 6.61 Å². The molecule has 0 aliphatic rings. The lowest BCUT2D eigenvalue weighted by atomic mass is 10.2. The summed E-state index contributed by atoms with van der Waals surface area (Å²) in [6.45, 7) is 2.11. The highest BCUT2D eigenvalue weighted by atomic mass is 19.1. The fourth-order valence-corrected chi connectivity index (χ4v) is 1.75. The Balaban J connectivity index is 2.01. The third-order valence-corrected chi connectivity index (χ3v) is 2.70. The Labute approximate surface area is 116 Å². The molecular formula is C15H16F2N2O. The SMILES string of the molecule is CCOc1c(F)ccc(CNNc2ccccc2)c1F. The average Bonchev–Trinajstić information content (AvgIpc) is 2.47. The smallest absolute Gasteiger partial charge is 0.191 e. The summed E-state index contributed by atoms with van der Waals surface area (Å²) in [5.74, 6) is -1.69. The molecule has 0 fully saturated rings. The highest BCUT2D eigenvalue weighted by Gasteiger charge is 2.14. The molecular weight excluding hydrogens is 262 g/mol. The molecule has 2 aromatic rings. The standard InChI is InChI=1S/C15H16F2N2O/c1-2-20-15-13(16)9-8-11(14(15)17)10-18-19-12-6-4-3-5-7-12/h3-9,18-19H,2,10H2,1H3. The van der Waals surface area contributed by atoms with Crippen molar-refractivity contribution in [2.45, 2.75) is 13.5 Å². The molecule has 106 valence electrons.